The number of hydrogen-bond donors (Lipinski definition) is 2. The summed E-state index contributed by atoms with van der Waals surface area (Å²) >= 11 is 0. The zero-order valence-electron chi connectivity index (χ0n) is 11.3. The number of nitrogens with zero attached hydrogens (tertiary/aromatic N) is 1. The van der Waals surface area contributed by atoms with Crippen LogP contribution in [0.3, 0.4) is 0 Å². The van der Waals surface area contributed by atoms with E-state index in [4.69, 9.17) is 4.74 Å². The van der Waals surface area contributed by atoms with Gasteiger partial charge in [0, 0.05) is 6.42 Å². The largest absolute Gasteiger partial charge is 0.489 e. The number of benzene rings is 1. The molecule has 4 heteroatoms. The summed E-state index contributed by atoms with van der Waals surface area (Å²) in [6.07, 6.45) is 2.20. The molecule has 0 aliphatic rings. The van der Waals surface area contributed by atoms with E-state index in [0.717, 1.165) is 42.0 Å². The van der Waals surface area contributed by atoms with Crippen LogP contribution in [0.25, 0.3) is 11.0 Å². The third-order valence-corrected chi connectivity index (χ3v) is 2.73. The Morgan fingerprint density at radius 2 is 2.22 bits per heavy atom. The predicted octanol–water partition coefficient (Wildman–Crippen LogP) is 2.50. The minimum atomic E-state index is 0.167. The quantitative estimate of drug-likeness (QED) is 0.771. The fraction of sp³-hybridized carbons (Fsp3) is 0.500. The van der Waals surface area contributed by atoms with Crippen molar-refractivity contribution in [1.29, 1.82) is 0 Å². The Kier molecular flexibility index (Phi) is 4.20. The lowest BCUT2D eigenvalue weighted by molar-refractivity contribution is 0.245. The number of hydrogen-bond acceptors (Lipinski definition) is 3. The Bertz CT molecular complexity index is 505. The number of para-hydroxylation sites is 1. The van der Waals surface area contributed by atoms with Crippen LogP contribution < -0.4 is 10.1 Å². The van der Waals surface area contributed by atoms with Gasteiger partial charge >= 0.3 is 0 Å². The molecule has 2 N–H and O–H groups in total. The smallest absolute Gasteiger partial charge is 0.147 e. The van der Waals surface area contributed by atoms with Crippen molar-refractivity contribution >= 4 is 11.0 Å². The van der Waals surface area contributed by atoms with Crippen LogP contribution in [-0.2, 0) is 6.42 Å². The normalized spacial score (nSPS) is 11.3. The highest BCUT2D eigenvalue weighted by Gasteiger charge is 2.09. The zero-order chi connectivity index (χ0) is 13.0. The molecule has 0 spiro atoms. The molecule has 2 rings (SSSR count). The molecule has 0 aliphatic heterocycles. The monoisotopic (exact) mass is 247 g/mol. The first-order valence-electron chi connectivity index (χ1n) is 6.49. The van der Waals surface area contributed by atoms with Gasteiger partial charge in [-0.1, -0.05) is 6.07 Å². The highest BCUT2D eigenvalue weighted by atomic mass is 16.5. The van der Waals surface area contributed by atoms with Gasteiger partial charge in [0.2, 0.25) is 0 Å². The molecule has 2 aromatic rings. The molecule has 0 radical (unpaired) electrons. The summed E-state index contributed by atoms with van der Waals surface area (Å²) < 4.78 is 5.77. The van der Waals surface area contributed by atoms with Crippen molar-refractivity contribution in [3.8, 4) is 5.75 Å². The van der Waals surface area contributed by atoms with Crippen LogP contribution in [0.1, 0.15) is 26.1 Å². The van der Waals surface area contributed by atoms with Gasteiger partial charge in [-0.05, 0) is 46.0 Å². The first-order chi connectivity index (χ1) is 8.70. The average Bonchev–Trinajstić information content (AvgIpc) is 2.73. The number of aromatic amines is 1. The standard InChI is InChI=1S/C14H21N3O/c1-10(2)18-12-7-4-6-11-14(12)17-13(16-11)8-5-9-15-3/h4,6-7,10,15H,5,8-9H2,1-3H3,(H,16,17). The first kappa shape index (κ1) is 12.9. The predicted molar refractivity (Wildman–Crippen MR) is 74.1 cm³/mol. The van der Waals surface area contributed by atoms with E-state index in [2.05, 4.69) is 15.3 Å². The fourth-order valence-corrected chi connectivity index (χ4v) is 1.96. The van der Waals surface area contributed by atoms with Crippen molar-refractivity contribution < 1.29 is 4.74 Å². The summed E-state index contributed by atoms with van der Waals surface area (Å²) in [7, 11) is 1.97. The molecule has 0 atom stereocenters. The van der Waals surface area contributed by atoms with Crippen LogP contribution in [-0.4, -0.2) is 29.7 Å². The van der Waals surface area contributed by atoms with E-state index < -0.39 is 0 Å². The molecule has 98 valence electrons. The fourth-order valence-electron chi connectivity index (χ4n) is 1.96. The van der Waals surface area contributed by atoms with Gasteiger partial charge in [0.15, 0.2) is 0 Å². The lowest BCUT2D eigenvalue weighted by Gasteiger charge is -2.09. The van der Waals surface area contributed by atoms with E-state index in [0.29, 0.717) is 0 Å². The van der Waals surface area contributed by atoms with Gasteiger partial charge in [0.25, 0.3) is 0 Å². The summed E-state index contributed by atoms with van der Waals surface area (Å²) in [6.45, 7) is 5.06. The molecule has 0 saturated heterocycles. The average molecular weight is 247 g/mol. The van der Waals surface area contributed by atoms with E-state index in [1.165, 1.54) is 0 Å². The molecule has 1 aromatic heterocycles. The number of nitrogens with one attached hydrogen (secondary N) is 2. The van der Waals surface area contributed by atoms with E-state index in [-0.39, 0.29) is 6.10 Å². The first-order valence-corrected chi connectivity index (χ1v) is 6.49. The van der Waals surface area contributed by atoms with Gasteiger partial charge in [0.05, 0.1) is 11.6 Å². The number of rotatable bonds is 6. The summed E-state index contributed by atoms with van der Waals surface area (Å²) in [5, 5.41) is 3.14. The Morgan fingerprint density at radius 1 is 1.39 bits per heavy atom. The lowest BCUT2D eigenvalue weighted by Crippen LogP contribution is -2.08. The molecule has 1 heterocycles. The minimum absolute atomic E-state index is 0.167. The maximum absolute atomic E-state index is 5.77. The Labute approximate surface area is 108 Å². The number of imidazole rings is 1. The molecule has 0 amide bonds. The molecule has 4 nitrogen and oxygen atoms in total. The molecule has 0 fully saturated rings. The maximum Gasteiger partial charge on any atom is 0.147 e. The molecule has 0 aliphatic carbocycles. The second-order valence-electron chi connectivity index (χ2n) is 4.71. The number of aromatic nitrogens is 2. The highest BCUT2D eigenvalue weighted by Crippen LogP contribution is 2.24. The number of ether oxygens (including phenoxy) is 1. The summed E-state index contributed by atoms with van der Waals surface area (Å²) in [4.78, 5) is 7.98. The van der Waals surface area contributed by atoms with Gasteiger partial charge < -0.3 is 15.0 Å². The summed E-state index contributed by atoms with van der Waals surface area (Å²) in [5.74, 6) is 1.89. The summed E-state index contributed by atoms with van der Waals surface area (Å²) in [6, 6.07) is 6.01. The van der Waals surface area contributed by atoms with Crippen LogP contribution >= 0.6 is 0 Å². The van der Waals surface area contributed by atoms with Crippen LogP contribution in [0.5, 0.6) is 5.75 Å². The Hall–Kier alpha value is -1.55. The molecule has 18 heavy (non-hydrogen) atoms. The van der Waals surface area contributed by atoms with Gasteiger partial charge in [-0.15, -0.1) is 0 Å². The molecular formula is C14H21N3O. The number of aryl methyl sites for hydroxylation is 1. The maximum atomic E-state index is 5.77. The summed E-state index contributed by atoms with van der Waals surface area (Å²) in [5.41, 5.74) is 1.98. The second kappa shape index (κ2) is 5.87. The van der Waals surface area contributed by atoms with E-state index >= 15 is 0 Å². The molecular weight excluding hydrogens is 226 g/mol. The van der Waals surface area contributed by atoms with Crippen molar-refractivity contribution in [3.63, 3.8) is 0 Å². The van der Waals surface area contributed by atoms with Crippen LogP contribution in [0.2, 0.25) is 0 Å². The van der Waals surface area contributed by atoms with Crippen molar-refractivity contribution in [2.24, 2.45) is 0 Å². The van der Waals surface area contributed by atoms with Crippen LogP contribution in [0, 0.1) is 0 Å². The van der Waals surface area contributed by atoms with Crippen molar-refractivity contribution in [1.82, 2.24) is 15.3 Å². The third kappa shape index (κ3) is 3.01. The van der Waals surface area contributed by atoms with Gasteiger partial charge in [0.1, 0.15) is 17.1 Å². The van der Waals surface area contributed by atoms with Crippen LogP contribution in [0.15, 0.2) is 18.2 Å². The molecule has 0 unspecified atom stereocenters. The van der Waals surface area contributed by atoms with Crippen molar-refractivity contribution in [3.05, 3.63) is 24.0 Å². The van der Waals surface area contributed by atoms with Crippen molar-refractivity contribution in [2.75, 3.05) is 13.6 Å². The Morgan fingerprint density at radius 3 is 2.94 bits per heavy atom. The topological polar surface area (TPSA) is 49.9 Å². The van der Waals surface area contributed by atoms with E-state index in [1.54, 1.807) is 0 Å². The van der Waals surface area contributed by atoms with Crippen molar-refractivity contribution in [2.45, 2.75) is 32.8 Å². The molecule has 1 aromatic carbocycles. The Balaban J connectivity index is 2.21. The highest BCUT2D eigenvalue weighted by molar-refractivity contribution is 5.81. The SMILES string of the molecule is CNCCCc1nc2c(OC(C)C)cccc2[nH]1. The number of H-pyrrole nitrogens is 1. The van der Waals surface area contributed by atoms with Gasteiger partial charge in [-0.25, -0.2) is 4.98 Å². The van der Waals surface area contributed by atoms with Gasteiger partial charge in [-0.2, -0.15) is 0 Å². The van der Waals surface area contributed by atoms with E-state index in [1.807, 2.05) is 39.1 Å². The number of fused-ring (bicyclic) bond motifs is 1. The molecule has 0 saturated carbocycles. The lowest BCUT2D eigenvalue weighted by atomic mass is 10.3. The third-order valence-electron chi connectivity index (χ3n) is 2.73. The minimum Gasteiger partial charge on any atom is -0.489 e. The molecule has 0 bridgehead atoms. The second-order valence-corrected chi connectivity index (χ2v) is 4.71. The van der Waals surface area contributed by atoms with Crippen LogP contribution in [0.4, 0.5) is 0 Å². The van der Waals surface area contributed by atoms with E-state index in [9.17, 15) is 0 Å². The van der Waals surface area contributed by atoms with Gasteiger partial charge in [-0.3, -0.25) is 0 Å². The zero-order valence-corrected chi connectivity index (χ0v) is 11.3.